The Morgan fingerprint density at radius 1 is 1.00 bits per heavy atom. The number of nitrogens with one attached hydrogen (secondary N) is 1. The lowest BCUT2D eigenvalue weighted by atomic mass is 10.0. The fourth-order valence-corrected chi connectivity index (χ4v) is 4.30. The SMILES string of the molecule is O=C(CN1C(=O)c2cccc([N+](=O)[O-])c2C1=O)Nc1ccc2c3c(cccc13)CC2. The van der Waals surface area contributed by atoms with Gasteiger partial charge in [-0.1, -0.05) is 30.3 Å². The second-order valence-corrected chi connectivity index (χ2v) is 7.31. The Kier molecular flexibility index (Phi) is 3.89. The van der Waals surface area contributed by atoms with Crippen LogP contribution in [0.2, 0.25) is 0 Å². The summed E-state index contributed by atoms with van der Waals surface area (Å²) in [5, 5.41) is 16.0. The van der Waals surface area contributed by atoms with Crippen LogP contribution in [0.25, 0.3) is 10.8 Å². The van der Waals surface area contributed by atoms with Crippen LogP contribution < -0.4 is 5.32 Å². The Morgan fingerprint density at radius 2 is 1.73 bits per heavy atom. The molecule has 1 aliphatic heterocycles. The maximum Gasteiger partial charge on any atom is 0.282 e. The highest BCUT2D eigenvalue weighted by Gasteiger charge is 2.41. The third-order valence-electron chi connectivity index (χ3n) is 5.63. The van der Waals surface area contributed by atoms with E-state index in [1.165, 1.54) is 29.3 Å². The van der Waals surface area contributed by atoms with Gasteiger partial charge in [-0.05, 0) is 41.5 Å². The minimum absolute atomic E-state index is 0.0627. The Labute approximate surface area is 170 Å². The summed E-state index contributed by atoms with van der Waals surface area (Å²) in [6.45, 7) is -0.521. The van der Waals surface area contributed by atoms with Crippen molar-refractivity contribution in [1.29, 1.82) is 0 Å². The zero-order chi connectivity index (χ0) is 21.0. The largest absolute Gasteiger partial charge is 0.324 e. The molecule has 3 aromatic carbocycles. The van der Waals surface area contributed by atoms with E-state index in [-0.39, 0.29) is 11.1 Å². The molecule has 0 saturated carbocycles. The number of fused-ring (bicyclic) bond motifs is 1. The summed E-state index contributed by atoms with van der Waals surface area (Å²) >= 11 is 0. The molecule has 0 unspecified atom stereocenters. The highest BCUT2D eigenvalue weighted by Crippen LogP contribution is 2.35. The predicted molar refractivity (Wildman–Crippen MR) is 108 cm³/mol. The van der Waals surface area contributed by atoms with Gasteiger partial charge in [0.25, 0.3) is 17.5 Å². The molecule has 0 spiro atoms. The first kappa shape index (κ1) is 18.0. The Morgan fingerprint density at radius 3 is 2.50 bits per heavy atom. The molecular weight excluding hydrogens is 386 g/mol. The standard InChI is InChI=1S/C22H15N3O5/c26-18(23-16-10-9-13-8-7-12-3-1-4-14(16)19(12)13)11-24-21(27)15-5-2-6-17(25(29)30)20(15)22(24)28/h1-6,9-10H,7-8,11H2,(H,23,26). The molecule has 0 saturated heterocycles. The first-order valence-corrected chi connectivity index (χ1v) is 9.42. The summed E-state index contributed by atoms with van der Waals surface area (Å²) in [5.74, 6) is -2.10. The van der Waals surface area contributed by atoms with Gasteiger partial charge >= 0.3 is 0 Å². The van der Waals surface area contributed by atoms with Crippen LogP contribution in [-0.4, -0.2) is 34.1 Å². The maximum absolute atomic E-state index is 12.7. The van der Waals surface area contributed by atoms with E-state index in [0.717, 1.165) is 28.5 Å². The van der Waals surface area contributed by atoms with Crippen molar-refractivity contribution in [1.82, 2.24) is 4.90 Å². The molecule has 1 N–H and O–H groups in total. The summed E-state index contributed by atoms with van der Waals surface area (Å²) in [7, 11) is 0. The number of nitrogens with zero attached hydrogens (tertiary/aromatic N) is 2. The molecular formula is C22H15N3O5. The smallest absolute Gasteiger partial charge is 0.282 e. The minimum atomic E-state index is -0.835. The van der Waals surface area contributed by atoms with Crippen LogP contribution in [0, 0.1) is 10.1 Å². The summed E-state index contributed by atoms with van der Waals surface area (Å²) in [4.78, 5) is 49.1. The molecule has 0 fully saturated rings. The van der Waals surface area contributed by atoms with E-state index < -0.39 is 34.9 Å². The number of rotatable bonds is 4. The number of imide groups is 1. The zero-order valence-corrected chi connectivity index (χ0v) is 15.7. The molecule has 3 aromatic rings. The van der Waals surface area contributed by atoms with Gasteiger partial charge in [-0.25, -0.2) is 0 Å². The highest BCUT2D eigenvalue weighted by atomic mass is 16.6. The molecule has 2 aliphatic rings. The van der Waals surface area contributed by atoms with Crippen LogP contribution in [-0.2, 0) is 17.6 Å². The highest BCUT2D eigenvalue weighted by molar-refractivity contribution is 6.24. The number of anilines is 1. The van der Waals surface area contributed by atoms with Crippen molar-refractivity contribution < 1.29 is 19.3 Å². The van der Waals surface area contributed by atoms with Gasteiger partial charge in [-0.3, -0.25) is 29.4 Å². The third-order valence-corrected chi connectivity index (χ3v) is 5.63. The Balaban J connectivity index is 1.42. The van der Waals surface area contributed by atoms with Gasteiger partial charge in [0.05, 0.1) is 10.5 Å². The number of hydrogen-bond donors (Lipinski definition) is 1. The quantitative estimate of drug-likeness (QED) is 0.410. The Bertz CT molecular complexity index is 1290. The van der Waals surface area contributed by atoms with E-state index in [1.54, 1.807) is 0 Å². The van der Waals surface area contributed by atoms with E-state index in [2.05, 4.69) is 11.4 Å². The topological polar surface area (TPSA) is 110 Å². The molecule has 0 radical (unpaired) electrons. The molecule has 5 rings (SSSR count). The van der Waals surface area contributed by atoms with Crippen LogP contribution in [0.1, 0.15) is 31.8 Å². The first-order chi connectivity index (χ1) is 14.5. The summed E-state index contributed by atoms with van der Waals surface area (Å²) in [6.07, 6.45) is 1.91. The molecule has 0 aromatic heterocycles. The molecule has 3 amide bonds. The number of carbonyl (C=O) groups is 3. The van der Waals surface area contributed by atoms with Crippen LogP contribution in [0.15, 0.2) is 48.5 Å². The van der Waals surface area contributed by atoms with Crippen molar-refractivity contribution in [2.75, 3.05) is 11.9 Å². The second-order valence-electron chi connectivity index (χ2n) is 7.31. The van der Waals surface area contributed by atoms with E-state index >= 15 is 0 Å². The van der Waals surface area contributed by atoms with Gasteiger partial charge in [0.15, 0.2) is 0 Å². The average Bonchev–Trinajstić information content (AvgIpc) is 3.26. The van der Waals surface area contributed by atoms with Crippen LogP contribution in [0.5, 0.6) is 0 Å². The molecule has 1 aliphatic carbocycles. The molecule has 8 heteroatoms. The maximum atomic E-state index is 12.7. The molecule has 148 valence electrons. The third kappa shape index (κ3) is 2.57. The van der Waals surface area contributed by atoms with Gasteiger partial charge < -0.3 is 5.32 Å². The van der Waals surface area contributed by atoms with Gasteiger partial charge in [-0.2, -0.15) is 0 Å². The van der Waals surface area contributed by atoms with Crippen molar-refractivity contribution >= 4 is 39.9 Å². The number of nitro groups is 1. The monoisotopic (exact) mass is 401 g/mol. The van der Waals surface area contributed by atoms with Crippen LogP contribution >= 0.6 is 0 Å². The van der Waals surface area contributed by atoms with Gasteiger partial charge in [-0.15, -0.1) is 0 Å². The summed E-state index contributed by atoms with van der Waals surface area (Å²) < 4.78 is 0. The summed E-state index contributed by atoms with van der Waals surface area (Å²) in [5.41, 5.74) is 2.28. The van der Waals surface area contributed by atoms with Crippen LogP contribution in [0.4, 0.5) is 11.4 Å². The number of hydrogen-bond acceptors (Lipinski definition) is 5. The first-order valence-electron chi connectivity index (χ1n) is 9.42. The lowest BCUT2D eigenvalue weighted by Crippen LogP contribution is -2.37. The number of nitro benzene ring substituents is 1. The number of carbonyl (C=O) groups excluding carboxylic acids is 3. The minimum Gasteiger partial charge on any atom is -0.324 e. The average molecular weight is 401 g/mol. The molecule has 0 bridgehead atoms. The zero-order valence-electron chi connectivity index (χ0n) is 15.7. The van der Waals surface area contributed by atoms with E-state index in [0.29, 0.717) is 5.69 Å². The van der Waals surface area contributed by atoms with Crippen molar-refractivity contribution in [3.8, 4) is 0 Å². The number of amides is 3. The van der Waals surface area contributed by atoms with Crippen molar-refractivity contribution in [2.45, 2.75) is 12.8 Å². The molecule has 30 heavy (non-hydrogen) atoms. The van der Waals surface area contributed by atoms with Gasteiger partial charge in [0.2, 0.25) is 5.91 Å². The lowest BCUT2D eigenvalue weighted by Gasteiger charge is -2.15. The molecule has 1 heterocycles. The van der Waals surface area contributed by atoms with Crippen molar-refractivity contribution in [2.24, 2.45) is 0 Å². The van der Waals surface area contributed by atoms with Crippen molar-refractivity contribution in [3.63, 3.8) is 0 Å². The Hall–Kier alpha value is -4.07. The normalized spacial score (nSPS) is 14.3. The predicted octanol–water partition coefficient (Wildman–Crippen LogP) is 3.08. The number of benzene rings is 3. The lowest BCUT2D eigenvalue weighted by molar-refractivity contribution is -0.385. The van der Waals surface area contributed by atoms with Gasteiger partial charge in [0, 0.05) is 17.1 Å². The molecule has 0 atom stereocenters. The van der Waals surface area contributed by atoms with E-state index in [9.17, 15) is 24.5 Å². The fraction of sp³-hybridized carbons (Fsp3) is 0.136. The molecule has 8 nitrogen and oxygen atoms in total. The summed E-state index contributed by atoms with van der Waals surface area (Å²) in [6, 6.07) is 13.6. The van der Waals surface area contributed by atoms with Gasteiger partial charge in [0.1, 0.15) is 12.1 Å². The fourth-order valence-electron chi connectivity index (χ4n) is 4.30. The van der Waals surface area contributed by atoms with Crippen molar-refractivity contribution in [3.05, 3.63) is 80.9 Å². The number of aryl methyl sites for hydroxylation is 2. The van der Waals surface area contributed by atoms with E-state index in [1.807, 2.05) is 24.3 Å². The van der Waals surface area contributed by atoms with Crippen LogP contribution in [0.3, 0.4) is 0 Å². The second kappa shape index (κ2) is 6.48. The van der Waals surface area contributed by atoms with E-state index in [4.69, 9.17) is 0 Å².